The largest absolute Gasteiger partial charge is 0.476 e. The number of hydrogen-bond acceptors (Lipinski definition) is 7. The second kappa shape index (κ2) is 9.43. The summed E-state index contributed by atoms with van der Waals surface area (Å²) < 4.78 is 34.1. The number of H-pyrrole nitrogens is 1. The number of aryl methyl sites for hydroxylation is 1. The molecule has 8 nitrogen and oxygen atoms in total. The van der Waals surface area contributed by atoms with Gasteiger partial charge in [0.15, 0.2) is 6.61 Å². The van der Waals surface area contributed by atoms with Gasteiger partial charge in [-0.05, 0) is 43.0 Å². The summed E-state index contributed by atoms with van der Waals surface area (Å²) in [5.74, 6) is -0.153. The summed E-state index contributed by atoms with van der Waals surface area (Å²) in [6.45, 7) is 2.92. The lowest BCUT2D eigenvalue weighted by Crippen LogP contribution is -2.40. The maximum absolute atomic E-state index is 14.4. The number of hydrogen-bond donors (Lipinski definition) is 3. The van der Waals surface area contributed by atoms with Crippen LogP contribution < -0.4 is 21.1 Å². The van der Waals surface area contributed by atoms with Crippen LogP contribution in [0.25, 0.3) is 33.5 Å². The highest BCUT2D eigenvalue weighted by Crippen LogP contribution is 2.43. The van der Waals surface area contributed by atoms with Crippen molar-refractivity contribution in [3.05, 3.63) is 53.7 Å². The Morgan fingerprint density at radius 3 is 2.64 bits per heavy atom. The second-order valence-electron chi connectivity index (χ2n) is 8.95. The number of anilines is 2. The Morgan fingerprint density at radius 2 is 1.92 bits per heavy atom. The molecule has 1 aliphatic rings. The average Bonchev–Trinajstić information content (AvgIpc) is 3.25. The highest BCUT2D eigenvalue weighted by Gasteiger charge is 2.27. The van der Waals surface area contributed by atoms with Crippen LogP contribution in [0.1, 0.15) is 18.4 Å². The van der Waals surface area contributed by atoms with Gasteiger partial charge in [0.2, 0.25) is 0 Å². The number of fused-ring (bicyclic) bond motifs is 1. The number of nitrogens with zero attached hydrogens (tertiary/aromatic N) is 4. The van der Waals surface area contributed by atoms with Crippen LogP contribution >= 0.6 is 0 Å². The summed E-state index contributed by atoms with van der Waals surface area (Å²) in [7, 11) is 0. The van der Waals surface area contributed by atoms with Crippen molar-refractivity contribution in [1.29, 1.82) is 5.26 Å². The lowest BCUT2D eigenvalue weighted by molar-refractivity contribution is 0.369. The minimum Gasteiger partial charge on any atom is -0.476 e. The molecule has 1 aliphatic heterocycles. The molecule has 184 valence electrons. The van der Waals surface area contributed by atoms with Crippen LogP contribution in [0.15, 0.2) is 36.5 Å². The van der Waals surface area contributed by atoms with E-state index >= 15 is 0 Å². The SMILES string of the molecule is Cc1cc(F)cc(-c2cnc(N)c(-c3nc4cc(F)cc(OCC#N)c4[nH]3)c2N2CCC(N)CC2)c1. The molecule has 0 radical (unpaired) electrons. The number of imidazole rings is 1. The van der Waals surface area contributed by atoms with Crippen molar-refractivity contribution in [1.82, 2.24) is 15.0 Å². The van der Waals surface area contributed by atoms with E-state index in [0.29, 0.717) is 46.6 Å². The molecule has 0 unspecified atom stereocenters. The van der Waals surface area contributed by atoms with Crippen molar-refractivity contribution in [3.8, 4) is 34.3 Å². The van der Waals surface area contributed by atoms with Gasteiger partial charge in [0.1, 0.15) is 40.6 Å². The fourth-order valence-corrected chi connectivity index (χ4v) is 4.69. The monoisotopic (exact) mass is 489 g/mol. The molecule has 5 N–H and O–H groups in total. The van der Waals surface area contributed by atoms with Crippen LogP contribution in [-0.2, 0) is 0 Å². The Morgan fingerprint density at radius 1 is 1.17 bits per heavy atom. The molecule has 5 rings (SSSR count). The molecule has 3 heterocycles. The first-order valence-electron chi connectivity index (χ1n) is 11.6. The highest BCUT2D eigenvalue weighted by molar-refractivity contribution is 5.96. The third-order valence-corrected chi connectivity index (χ3v) is 6.34. The predicted molar refractivity (Wildman–Crippen MR) is 134 cm³/mol. The molecular formula is C26H25F2N7O. The van der Waals surface area contributed by atoms with Gasteiger partial charge in [-0.25, -0.2) is 18.7 Å². The summed E-state index contributed by atoms with van der Waals surface area (Å²) >= 11 is 0. The van der Waals surface area contributed by atoms with Crippen molar-refractivity contribution >= 4 is 22.5 Å². The van der Waals surface area contributed by atoms with Crippen LogP contribution in [0.3, 0.4) is 0 Å². The van der Waals surface area contributed by atoms with Gasteiger partial charge in [-0.15, -0.1) is 0 Å². The van der Waals surface area contributed by atoms with Gasteiger partial charge in [-0.2, -0.15) is 5.26 Å². The number of benzene rings is 2. The van der Waals surface area contributed by atoms with Crippen LogP contribution in [0.5, 0.6) is 5.75 Å². The molecule has 36 heavy (non-hydrogen) atoms. The molecule has 1 saturated heterocycles. The Kier molecular flexibility index (Phi) is 6.16. The van der Waals surface area contributed by atoms with Crippen LogP contribution in [-0.4, -0.2) is 40.7 Å². The van der Waals surface area contributed by atoms with Crippen molar-refractivity contribution in [3.63, 3.8) is 0 Å². The fraction of sp³-hybridized carbons (Fsp3) is 0.269. The minimum absolute atomic E-state index is 0.0952. The van der Waals surface area contributed by atoms with Crippen molar-refractivity contribution in [2.45, 2.75) is 25.8 Å². The molecule has 2 aromatic heterocycles. The second-order valence-corrected chi connectivity index (χ2v) is 8.95. The molecule has 10 heteroatoms. The molecule has 4 aromatic rings. The summed E-state index contributed by atoms with van der Waals surface area (Å²) in [6, 6.07) is 9.27. The average molecular weight is 490 g/mol. The van der Waals surface area contributed by atoms with E-state index in [9.17, 15) is 8.78 Å². The number of piperidine rings is 1. The number of nitrogens with two attached hydrogens (primary N) is 2. The zero-order valence-corrected chi connectivity index (χ0v) is 19.7. The van der Waals surface area contributed by atoms with E-state index in [-0.39, 0.29) is 30.0 Å². The molecular weight excluding hydrogens is 464 g/mol. The molecule has 0 saturated carbocycles. The van der Waals surface area contributed by atoms with Crippen molar-refractivity contribution in [2.75, 3.05) is 30.3 Å². The van der Waals surface area contributed by atoms with Crippen LogP contribution in [0, 0.1) is 29.9 Å². The quantitative estimate of drug-likeness (QED) is 0.381. The van der Waals surface area contributed by atoms with E-state index in [1.165, 1.54) is 24.3 Å². The Labute approximate surface area is 206 Å². The molecule has 2 aromatic carbocycles. The third kappa shape index (κ3) is 4.41. The van der Waals surface area contributed by atoms with Gasteiger partial charge in [-0.1, -0.05) is 6.07 Å². The summed E-state index contributed by atoms with van der Waals surface area (Å²) in [5, 5.41) is 8.91. The van der Waals surface area contributed by atoms with Crippen LogP contribution in [0.4, 0.5) is 20.3 Å². The summed E-state index contributed by atoms with van der Waals surface area (Å²) in [5.41, 5.74) is 16.7. The van der Waals surface area contributed by atoms with E-state index in [0.717, 1.165) is 24.1 Å². The predicted octanol–water partition coefficient (Wildman–Crippen LogP) is 4.29. The lowest BCUT2D eigenvalue weighted by atomic mass is 9.97. The Bertz CT molecular complexity index is 1470. The fourth-order valence-electron chi connectivity index (χ4n) is 4.69. The van der Waals surface area contributed by atoms with Crippen molar-refractivity contribution < 1.29 is 13.5 Å². The number of rotatable bonds is 5. The topological polar surface area (TPSA) is 130 Å². The maximum atomic E-state index is 14.4. The smallest absolute Gasteiger partial charge is 0.174 e. The number of nitrogens with one attached hydrogen (secondary N) is 1. The standard InChI is InChI=1S/C26H25F2N7O/c1-14-8-15(10-16(27)9-14)19-13-32-25(31)22(24(19)35-5-2-18(30)3-6-35)26-33-20-11-17(28)12-21(23(20)34-26)36-7-4-29/h8-13,18H,2-3,5-7,30H2,1H3,(H2,31,32)(H,33,34). The van der Waals surface area contributed by atoms with Gasteiger partial charge in [0, 0.05) is 43.0 Å². The number of halogens is 2. The summed E-state index contributed by atoms with van der Waals surface area (Å²) in [4.78, 5) is 14.4. The van der Waals surface area contributed by atoms with E-state index in [4.69, 9.17) is 21.5 Å². The zero-order valence-electron chi connectivity index (χ0n) is 19.7. The van der Waals surface area contributed by atoms with E-state index in [1.807, 2.05) is 19.1 Å². The molecule has 0 atom stereocenters. The van der Waals surface area contributed by atoms with Gasteiger partial charge in [-0.3, -0.25) is 0 Å². The number of ether oxygens (including phenoxy) is 1. The minimum atomic E-state index is -0.547. The zero-order chi connectivity index (χ0) is 25.4. The van der Waals surface area contributed by atoms with E-state index in [2.05, 4.69) is 19.9 Å². The molecule has 0 spiro atoms. The van der Waals surface area contributed by atoms with Crippen LogP contribution in [0.2, 0.25) is 0 Å². The number of nitrogen functional groups attached to an aromatic ring is 1. The van der Waals surface area contributed by atoms with Crippen molar-refractivity contribution in [2.24, 2.45) is 5.73 Å². The highest BCUT2D eigenvalue weighted by atomic mass is 19.1. The lowest BCUT2D eigenvalue weighted by Gasteiger charge is -2.34. The number of aromatic nitrogens is 3. The van der Waals surface area contributed by atoms with Gasteiger partial charge in [0.25, 0.3) is 0 Å². The third-order valence-electron chi connectivity index (χ3n) is 6.34. The molecule has 1 fully saturated rings. The number of aromatic amines is 1. The van der Waals surface area contributed by atoms with E-state index < -0.39 is 5.82 Å². The first kappa shape index (κ1) is 23.5. The number of nitriles is 1. The van der Waals surface area contributed by atoms with E-state index in [1.54, 1.807) is 6.20 Å². The Balaban J connectivity index is 1.75. The first-order chi connectivity index (χ1) is 17.3. The normalized spacial score (nSPS) is 14.2. The first-order valence-corrected chi connectivity index (χ1v) is 11.6. The summed E-state index contributed by atoms with van der Waals surface area (Å²) in [6.07, 6.45) is 3.20. The molecule has 0 bridgehead atoms. The van der Waals surface area contributed by atoms with Gasteiger partial charge >= 0.3 is 0 Å². The molecule has 0 aliphatic carbocycles. The Hall–Kier alpha value is -4.23. The number of pyridine rings is 1. The van der Waals surface area contributed by atoms with Gasteiger partial charge in [0.05, 0.1) is 16.8 Å². The van der Waals surface area contributed by atoms with Gasteiger partial charge < -0.3 is 26.1 Å². The maximum Gasteiger partial charge on any atom is 0.174 e. The molecule has 0 amide bonds.